The van der Waals surface area contributed by atoms with Gasteiger partial charge in [-0.2, -0.15) is 0 Å². The highest BCUT2D eigenvalue weighted by molar-refractivity contribution is 5.85. The van der Waals surface area contributed by atoms with Crippen molar-refractivity contribution in [2.45, 2.75) is 32.3 Å². The molecular weight excluding hydrogens is 318 g/mol. The third-order valence-corrected chi connectivity index (χ3v) is 5.06. The number of halogens is 1. The zero-order valence-electron chi connectivity index (χ0n) is 14.4. The second-order valence-electron chi connectivity index (χ2n) is 6.77. The molecule has 1 aliphatic heterocycles. The molecule has 1 saturated heterocycles. The molecule has 2 aromatic carbocycles. The molecule has 0 amide bonds. The normalized spacial score (nSPS) is 17.2. The summed E-state index contributed by atoms with van der Waals surface area (Å²) in [5, 5.41) is 10.6. The summed E-state index contributed by atoms with van der Waals surface area (Å²) in [4.78, 5) is 2.53. The number of hydrogen-bond donors (Lipinski definition) is 1. The highest BCUT2D eigenvalue weighted by Crippen LogP contribution is 2.30. The first-order valence-corrected chi connectivity index (χ1v) is 8.73. The van der Waals surface area contributed by atoms with Crippen molar-refractivity contribution in [1.82, 2.24) is 4.90 Å². The SMILES string of the molecule is Cc1ccc(C(O)C2CCN(CCc3ccccc3)CC2)cc1.Cl. The topological polar surface area (TPSA) is 23.5 Å². The van der Waals surface area contributed by atoms with Gasteiger partial charge in [0.1, 0.15) is 0 Å². The van der Waals surface area contributed by atoms with E-state index in [-0.39, 0.29) is 18.5 Å². The van der Waals surface area contributed by atoms with E-state index in [0.717, 1.165) is 44.5 Å². The lowest BCUT2D eigenvalue weighted by Gasteiger charge is -2.34. The molecule has 2 aromatic rings. The van der Waals surface area contributed by atoms with E-state index < -0.39 is 0 Å². The zero-order valence-corrected chi connectivity index (χ0v) is 15.2. The van der Waals surface area contributed by atoms with Crippen molar-refractivity contribution in [3.63, 3.8) is 0 Å². The maximum atomic E-state index is 10.6. The van der Waals surface area contributed by atoms with Crippen LogP contribution in [-0.2, 0) is 6.42 Å². The first-order chi connectivity index (χ1) is 11.2. The lowest BCUT2D eigenvalue weighted by Crippen LogP contribution is -2.36. The molecule has 2 nitrogen and oxygen atoms in total. The number of aryl methyl sites for hydroxylation is 1. The van der Waals surface area contributed by atoms with Gasteiger partial charge in [0, 0.05) is 6.54 Å². The van der Waals surface area contributed by atoms with Gasteiger partial charge in [0.2, 0.25) is 0 Å². The van der Waals surface area contributed by atoms with Crippen LogP contribution in [0.15, 0.2) is 54.6 Å². The van der Waals surface area contributed by atoms with Crippen molar-refractivity contribution in [3.05, 3.63) is 71.3 Å². The van der Waals surface area contributed by atoms with Gasteiger partial charge in [-0.25, -0.2) is 0 Å². The molecule has 3 rings (SSSR count). The molecule has 1 heterocycles. The van der Waals surface area contributed by atoms with E-state index in [9.17, 15) is 5.11 Å². The number of piperidine rings is 1. The first kappa shape index (κ1) is 19.0. The predicted octanol–water partition coefficient (Wildman–Crippen LogP) is 4.40. The summed E-state index contributed by atoms with van der Waals surface area (Å²) in [6, 6.07) is 19.0. The number of benzene rings is 2. The van der Waals surface area contributed by atoms with E-state index in [2.05, 4.69) is 66.4 Å². The largest absolute Gasteiger partial charge is 0.388 e. The van der Waals surface area contributed by atoms with Gasteiger partial charge in [-0.3, -0.25) is 0 Å². The highest BCUT2D eigenvalue weighted by atomic mass is 35.5. The zero-order chi connectivity index (χ0) is 16.1. The minimum Gasteiger partial charge on any atom is -0.388 e. The van der Waals surface area contributed by atoms with E-state index in [1.165, 1.54) is 11.1 Å². The van der Waals surface area contributed by atoms with E-state index in [0.29, 0.717) is 5.92 Å². The van der Waals surface area contributed by atoms with Gasteiger partial charge in [-0.05, 0) is 56.3 Å². The van der Waals surface area contributed by atoms with E-state index in [1.54, 1.807) is 0 Å². The molecule has 24 heavy (non-hydrogen) atoms. The van der Waals surface area contributed by atoms with Crippen LogP contribution >= 0.6 is 12.4 Å². The molecule has 0 radical (unpaired) electrons. The van der Waals surface area contributed by atoms with E-state index >= 15 is 0 Å². The average Bonchev–Trinajstić information content (AvgIpc) is 2.61. The monoisotopic (exact) mass is 345 g/mol. The molecular formula is C21H28ClNO. The minimum atomic E-state index is -0.313. The molecule has 1 fully saturated rings. The Morgan fingerprint density at radius 2 is 1.62 bits per heavy atom. The molecule has 0 bridgehead atoms. The molecule has 0 aliphatic carbocycles. The predicted molar refractivity (Wildman–Crippen MR) is 103 cm³/mol. The third kappa shape index (κ3) is 5.07. The van der Waals surface area contributed by atoms with Crippen LogP contribution in [0.3, 0.4) is 0 Å². The van der Waals surface area contributed by atoms with Crippen LogP contribution in [0.1, 0.15) is 35.6 Å². The number of rotatable bonds is 5. The Morgan fingerprint density at radius 3 is 2.25 bits per heavy atom. The molecule has 1 aliphatic rings. The van der Waals surface area contributed by atoms with Crippen LogP contribution in [0.2, 0.25) is 0 Å². The van der Waals surface area contributed by atoms with Crippen molar-refractivity contribution >= 4 is 12.4 Å². The second kappa shape index (κ2) is 9.22. The fourth-order valence-corrected chi connectivity index (χ4v) is 3.46. The van der Waals surface area contributed by atoms with E-state index in [1.807, 2.05) is 0 Å². The van der Waals surface area contributed by atoms with Gasteiger partial charge in [0.25, 0.3) is 0 Å². The van der Waals surface area contributed by atoms with Crippen LogP contribution in [-0.4, -0.2) is 29.6 Å². The van der Waals surface area contributed by atoms with Crippen molar-refractivity contribution in [2.24, 2.45) is 5.92 Å². The molecule has 0 aromatic heterocycles. The summed E-state index contributed by atoms with van der Waals surface area (Å²) in [6.45, 7) is 5.40. The summed E-state index contributed by atoms with van der Waals surface area (Å²) in [5.41, 5.74) is 3.73. The first-order valence-electron chi connectivity index (χ1n) is 8.73. The number of likely N-dealkylation sites (tertiary alicyclic amines) is 1. The minimum absolute atomic E-state index is 0. The van der Waals surface area contributed by atoms with Gasteiger partial charge in [0.05, 0.1) is 6.10 Å². The number of hydrogen-bond acceptors (Lipinski definition) is 2. The van der Waals surface area contributed by atoms with Crippen LogP contribution in [0, 0.1) is 12.8 Å². The van der Waals surface area contributed by atoms with Crippen molar-refractivity contribution < 1.29 is 5.11 Å². The standard InChI is InChI=1S/C21H27NO.ClH/c1-17-7-9-19(10-8-17)21(23)20-12-15-22(16-13-20)14-11-18-5-3-2-4-6-18;/h2-10,20-21,23H,11-16H2,1H3;1H. The van der Waals surface area contributed by atoms with Gasteiger partial charge >= 0.3 is 0 Å². The molecule has 1 N–H and O–H groups in total. The van der Waals surface area contributed by atoms with Crippen LogP contribution in [0.5, 0.6) is 0 Å². The van der Waals surface area contributed by atoms with Crippen LogP contribution in [0.25, 0.3) is 0 Å². The van der Waals surface area contributed by atoms with Crippen molar-refractivity contribution in [1.29, 1.82) is 0 Å². The molecule has 0 spiro atoms. The maximum absolute atomic E-state index is 10.6. The number of nitrogens with zero attached hydrogens (tertiary/aromatic N) is 1. The van der Waals surface area contributed by atoms with Crippen LogP contribution in [0.4, 0.5) is 0 Å². The van der Waals surface area contributed by atoms with Crippen molar-refractivity contribution in [3.8, 4) is 0 Å². The Bertz CT molecular complexity index is 591. The highest BCUT2D eigenvalue weighted by Gasteiger charge is 2.25. The molecule has 130 valence electrons. The Morgan fingerprint density at radius 1 is 1.00 bits per heavy atom. The maximum Gasteiger partial charge on any atom is 0.0819 e. The average molecular weight is 346 g/mol. The summed E-state index contributed by atoms with van der Waals surface area (Å²) in [5.74, 6) is 0.394. The Hall–Kier alpha value is -1.35. The summed E-state index contributed by atoms with van der Waals surface area (Å²) in [6.07, 6.45) is 2.98. The summed E-state index contributed by atoms with van der Waals surface area (Å²) in [7, 11) is 0. The molecule has 1 atom stereocenters. The molecule has 0 saturated carbocycles. The van der Waals surface area contributed by atoms with E-state index in [4.69, 9.17) is 0 Å². The fraction of sp³-hybridized carbons (Fsp3) is 0.429. The van der Waals surface area contributed by atoms with Crippen LogP contribution < -0.4 is 0 Å². The molecule has 1 unspecified atom stereocenters. The summed E-state index contributed by atoms with van der Waals surface area (Å²) >= 11 is 0. The van der Waals surface area contributed by atoms with Gasteiger partial charge in [0.15, 0.2) is 0 Å². The Balaban J connectivity index is 0.00000208. The van der Waals surface area contributed by atoms with Gasteiger partial charge < -0.3 is 10.0 Å². The number of aliphatic hydroxyl groups is 1. The number of aliphatic hydroxyl groups excluding tert-OH is 1. The third-order valence-electron chi connectivity index (χ3n) is 5.06. The van der Waals surface area contributed by atoms with Gasteiger partial charge in [-0.1, -0.05) is 60.2 Å². The smallest absolute Gasteiger partial charge is 0.0819 e. The lowest BCUT2D eigenvalue weighted by atomic mass is 9.87. The van der Waals surface area contributed by atoms with Crippen molar-refractivity contribution in [2.75, 3.05) is 19.6 Å². The quantitative estimate of drug-likeness (QED) is 0.867. The fourth-order valence-electron chi connectivity index (χ4n) is 3.46. The summed E-state index contributed by atoms with van der Waals surface area (Å²) < 4.78 is 0. The molecule has 3 heteroatoms. The Labute approximate surface area is 151 Å². The Kier molecular flexibility index (Phi) is 7.29. The van der Waals surface area contributed by atoms with Gasteiger partial charge in [-0.15, -0.1) is 12.4 Å². The lowest BCUT2D eigenvalue weighted by molar-refractivity contribution is 0.0592. The second-order valence-corrected chi connectivity index (χ2v) is 6.77.